The Labute approximate surface area is 125 Å². The van der Waals surface area contributed by atoms with Crippen molar-refractivity contribution in [3.63, 3.8) is 0 Å². The zero-order valence-electron chi connectivity index (χ0n) is 10.6. The lowest BCUT2D eigenvalue weighted by molar-refractivity contribution is 0.118. The molecule has 6 nitrogen and oxygen atoms in total. The highest BCUT2D eigenvalue weighted by Gasteiger charge is 2.22. The van der Waals surface area contributed by atoms with Gasteiger partial charge in [0.2, 0.25) is 0 Å². The molecule has 19 heavy (non-hydrogen) atoms. The van der Waals surface area contributed by atoms with Crippen LogP contribution in [0.5, 0.6) is 0 Å². The monoisotopic (exact) mass is 377 g/mol. The van der Waals surface area contributed by atoms with Crippen LogP contribution in [0.3, 0.4) is 0 Å². The summed E-state index contributed by atoms with van der Waals surface area (Å²) < 4.78 is 5.69. The van der Waals surface area contributed by atoms with E-state index in [0.717, 1.165) is 8.47 Å². The van der Waals surface area contributed by atoms with E-state index in [0.29, 0.717) is 5.69 Å². The summed E-state index contributed by atoms with van der Waals surface area (Å²) >= 11 is 2.10. The Morgan fingerprint density at radius 2 is 2.11 bits per heavy atom. The van der Waals surface area contributed by atoms with Crippen molar-refractivity contribution in [2.45, 2.75) is 6.92 Å². The zero-order valence-corrected chi connectivity index (χ0v) is 12.7. The van der Waals surface area contributed by atoms with Gasteiger partial charge in [0.25, 0.3) is 0 Å². The summed E-state index contributed by atoms with van der Waals surface area (Å²) in [7, 11) is 0. The van der Waals surface area contributed by atoms with Crippen LogP contribution >= 0.6 is 22.6 Å². The van der Waals surface area contributed by atoms with E-state index in [1.165, 1.54) is 0 Å². The van der Waals surface area contributed by atoms with Crippen molar-refractivity contribution in [3.05, 3.63) is 27.8 Å². The van der Waals surface area contributed by atoms with Crippen LogP contribution in [0.15, 0.2) is 24.3 Å². The van der Waals surface area contributed by atoms with Crippen LogP contribution < -0.4 is 11.1 Å². The van der Waals surface area contributed by atoms with Crippen LogP contribution in [0.1, 0.15) is 6.92 Å². The van der Waals surface area contributed by atoms with Gasteiger partial charge in [-0.1, -0.05) is 12.1 Å². The van der Waals surface area contributed by atoms with E-state index in [2.05, 4.69) is 27.9 Å². The van der Waals surface area contributed by atoms with E-state index < -0.39 is 12.1 Å². The maximum Gasteiger partial charge on any atom is 0.418 e. The molecular weight excluding hydrogens is 361 g/mol. The Morgan fingerprint density at radius 1 is 1.42 bits per heavy atom. The molecule has 0 atom stereocenters. The summed E-state index contributed by atoms with van der Waals surface area (Å²) in [5.74, 6) is 0. The third kappa shape index (κ3) is 4.67. The summed E-state index contributed by atoms with van der Waals surface area (Å²) in [4.78, 5) is 24.6. The molecule has 0 saturated carbocycles. The molecular formula is C12H16IN3O3. The fourth-order valence-electron chi connectivity index (χ4n) is 1.35. The van der Waals surface area contributed by atoms with E-state index in [1.54, 1.807) is 19.1 Å². The lowest BCUT2D eigenvalue weighted by Gasteiger charge is -2.20. The second-order valence-corrected chi connectivity index (χ2v) is 4.71. The third-order valence-corrected chi connectivity index (χ3v) is 3.14. The first kappa shape index (κ1) is 15.7. The molecule has 3 N–H and O–H groups in total. The Hall–Kier alpha value is -1.35. The number of amides is 3. The number of nitrogens with two attached hydrogens (primary N) is 1. The lowest BCUT2D eigenvalue weighted by Crippen LogP contribution is -2.43. The fourth-order valence-corrected chi connectivity index (χ4v) is 1.87. The fraction of sp³-hybridized carbons (Fsp3) is 0.333. The Morgan fingerprint density at radius 3 is 2.68 bits per heavy atom. The minimum absolute atomic E-state index is 0.105. The molecule has 3 amide bonds. The molecule has 0 aliphatic heterocycles. The van der Waals surface area contributed by atoms with Crippen molar-refractivity contribution < 1.29 is 14.3 Å². The maximum absolute atomic E-state index is 12.0. The van der Waals surface area contributed by atoms with Crippen molar-refractivity contribution in [2.24, 2.45) is 5.73 Å². The number of urea groups is 1. The van der Waals surface area contributed by atoms with Gasteiger partial charge in [-0.05, 0) is 41.6 Å². The van der Waals surface area contributed by atoms with Gasteiger partial charge in [0, 0.05) is 16.7 Å². The van der Waals surface area contributed by atoms with E-state index in [1.807, 2.05) is 12.1 Å². The highest BCUT2D eigenvalue weighted by molar-refractivity contribution is 14.1. The van der Waals surface area contributed by atoms with Gasteiger partial charge < -0.3 is 15.8 Å². The number of nitrogens with zero attached hydrogens (tertiary/aromatic N) is 1. The van der Waals surface area contributed by atoms with Gasteiger partial charge in [0.05, 0.1) is 12.3 Å². The number of carbonyl (C=O) groups excluding carboxylic acids is 2. The van der Waals surface area contributed by atoms with Crippen molar-refractivity contribution in [1.82, 2.24) is 4.90 Å². The first-order valence-corrected chi connectivity index (χ1v) is 6.87. The highest BCUT2D eigenvalue weighted by atomic mass is 127. The highest BCUT2D eigenvalue weighted by Crippen LogP contribution is 2.17. The second kappa shape index (κ2) is 7.95. The number of para-hydroxylation sites is 1. The Kier molecular flexibility index (Phi) is 6.57. The molecule has 1 aromatic carbocycles. The molecule has 0 spiro atoms. The maximum atomic E-state index is 12.0. The molecule has 0 unspecified atom stereocenters. The van der Waals surface area contributed by atoms with Crippen LogP contribution in [0, 0.1) is 3.57 Å². The summed E-state index contributed by atoms with van der Waals surface area (Å²) in [6, 6.07) is 6.72. The van der Waals surface area contributed by atoms with Gasteiger partial charge in [-0.15, -0.1) is 0 Å². The van der Waals surface area contributed by atoms with Crippen LogP contribution in [0.25, 0.3) is 0 Å². The summed E-state index contributed by atoms with van der Waals surface area (Å²) in [5.41, 5.74) is 6.03. The zero-order chi connectivity index (χ0) is 14.3. The van der Waals surface area contributed by atoms with E-state index in [-0.39, 0.29) is 19.7 Å². The van der Waals surface area contributed by atoms with Crippen molar-refractivity contribution >= 4 is 40.4 Å². The Balaban J connectivity index is 2.77. The molecule has 0 radical (unpaired) electrons. The lowest BCUT2D eigenvalue weighted by atomic mass is 10.3. The van der Waals surface area contributed by atoms with E-state index in [9.17, 15) is 9.59 Å². The standard InChI is InChI=1S/C12H16IN3O3/c1-2-19-12(18)16(8-7-14)11(17)15-10-6-4-3-5-9(10)13/h3-6H,2,7-8,14H2,1H3,(H,15,17). The van der Waals surface area contributed by atoms with Gasteiger partial charge in [0.15, 0.2) is 0 Å². The molecule has 0 aliphatic rings. The van der Waals surface area contributed by atoms with Crippen LogP contribution in [0.2, 0.25) is 0 Å². The first-order valence-electron chi connectivity index (χ1n) is 5.80. The van der Waals surface area contributed by atoms with E-state index in [4.69, 9.17) is 10.5 Å². The topological polar surface area (TPSA) is 84.7 Å². The average Bonchev–Trinajstić information content (AvgIpc) is 2.38. The minimum atomic E-state index is -0.698. The second-order valence-electron chi connectivity index (χ2n) is 3.55. The molecule has 0 bridgehead atoms. The van der Waals surface area contributed by atoms with Crippen molar-refractivity contribution in [1.29, 1.82) is 0 Å². The number of carbonyl (C=O) groups is 2. The normalized spacial score (nSPS) is 9.84. The van der Waals surface area contributed by atoms with Gasteiger partial charge in [-0.3, -0.25) is 0 Å². The number of benzene rings is 1. The molecule has 0 aliphatic carbocycles. The Bertz CT molecular complexity index is 454. The molecule has 7 heteroatoms. The number of hydrogen-bond donors (Lipinski definition) is 2. The predicted octanol–water partition coefficient (Wildman–Crippen LogP) is 2.24. The van der Waals surface area contributed by atoms with Crippen molar-refractivity contribution in [2.75, 3.05) is 25.0 Å². The first-order chi connectivity index (χ1) is 9.10. The minimum Gasteiger partial charge on any atom is -0.449 e. The summed E-state index contributed by atoms with van der Waals surface area (Å²) in [6.07, 6.45) is -0.698. The molecule has 0 aromatic heterocycles. The van der Waals surface area contributed by atoms with E-state index >= 15 is 0 Å². The number of ether oxygens (including phenoxy) is 1. The van der Waals surface area contributed by atoms with Gasteiger partial charge >= 0.3 is 12.1 Å². The number of hydrogen-bond acceptors (Lipinski definition) is 4. The third-order valence-electron chi connectivity index (χ3n) is 2.20. The van der Waals surface area contributed by atoms with Crippen LogP contribution in [0.4, 0.5) is 15.3 Å². The summed E-state index contributed by atoms with van der Waals surface area (Å²) in [6.45, 7) is 2.17. The van der Waals surface area contributed by atoms with Crippen LogP contribution in [-0.4, -0.2) is 36.7 Å². The quantitative estimate of drug-likeness (QED) is 0.789. The molecule has 104 valence electrons. The smallest absolute Gasteiger partial charge is 0.418 e. The molecule has 1 aromatic rings. The van der Waals surface area contributed by atoms with Gasteiger partial charge in [-0.2, -0.15) is 0 Å². The van der Waals surface area contributed by atoms with Gasteiger partial charge in [-0.25, -0.2) is 14.5 Å². The largest absolute Gasteiger partial charge is 0.449 e. The molecule has 0 saturated heterocycles. The number of anilines is 1. The average molecular weight is 377 g/mol. The molecule has 0 heterocycles. The molecule has 1 rings (SSSR count). The van der Waals surface area contributed by atoms with Crippen molar-refractivity contribution in [3.8, 4) is 0 Å². The molecule has 0 fully saturated rings. The number of imide groups is 1. The number of nitrogens with one attached hydrogen (secondary N) is 1. The SMILES string of the molecule is CCOC(=O)N(CCN)C(=O)Nc1ccccc1I. The van der Waals surface area contributed by atoms with Crippen LogP contribution in [-0.2, 0) is 4.74 Å². The van der Waals surface area contributed by atoms with Gasteiger partial charge in [0.1, 0.15) is 0 Å². The predicted molar refractivity (Wildman–Crippen MR) is 81.0 cm³/mol. The summed E-state index contributed by atoms with van der Waals surface area (Å²) in [5, 5.41) is 2.66. The number of rotatable bonds is 4. The number of halogens is 1.